The predicted molar refractivity (Wildman–Crippen MR) is 132 cm³/mol. The lowest BCUT2D eigenvalue weighted by Crippen LogP contribution is -2.38. The van der Waals surface area contributed by atoms with E-state index in [0.29, 0.717) is 35.6 Å². The molecule has 0 unspecified atom stereocenters. The highest BCUT2D eigenvalue weighted by atomic mass is 32.2. The number of carbonyl (C=O) groups excluding carboxylic acids is 2. The summed E-state index contributed by atoms with van der Waals surface area (Å²) < 4.78 is 25.6. The molecule has 3 amide bonds. The van der Waals surface area contributed by atoms with Crippen molar-refractivity contribution in [2.24, 2.45) is 0 Å². The largest absolute Gasteiger partial charge is 0.384 e. The highest BCUT2D eigenvalue weighted by Crippen LogP contribution is 2.54. The Bertz CT molecular complexity index is 1350. The molecule has 182 valence electrons. The molecule has 1 aliphatic carbocycles. The van der Waals surface area contributed by atoms with E-state index in [9.17, 15) is 18.0 Å². The second-order valence-electron chi connectivity index (χ2n) is 8.49. The van der Waals surface area contributed by atoms with Crippen molar-refractivity contribution in [3.63, 3.8) is 0 Å². The zero-order valence-corrected chi connectivity index (χ0v) is 20.2. The second-order valence-corrected chi connectivity index (χ2v) is 10.7. The quantitative estimate of drug-likeness (QED) is 0.457. The number of amides is 3. The van der Waals surface area contributed by atoms with Gasteiger partial charge in [0, 0.05) is 31.4 Å². The highest BCUT2D eigenvalue weighted by molar-refractivity contribution is 7.92. The maximum Gasteiger partial charge on any atom is 0.319 e. The first-order valence-electron chi connectivity index (χ1n) is 10.9. The summed E-state index contributed by atoms with van der Waals surface area (Å²) in [5.41, 5.74) is 7.52. The van der Waals surface area contributed by atoms with Crippen molar-refractivity contribution >= 4 is 33.3 Å². The van der Waals surface area contributed by atoms with Gasteiger partial charge in [0.15, 0.2) is 15.7 Å². The maximum atomic E-state index is 13.4. The smallest absolute Gasteiger partial charge is 0.319 e. The number of nitrogens with two attached hydrogens (primary N) is 1. The summed E-state index contributed by atoms with van der Waals surface area (Å²) in [6, 6.07) is 16.0. The Kier molecular flexibility index (Phi) is 6.44. The third-order valence-electron chi connectivity index (χ3n) is 5.78. The molecule has 0 atom stereocenters. The molecule has 11 heteroatoms. The van der Waals surface area contributed by atoms with Gasteiger partial charge in [-0.15, -0.1) is 0 Å². The molecule has 35 heavy (non-hydrogen) atoms. The molecule has 0 bridgehead atoms. The molecule has 1 fully saturated rings. The average molecular weight is 495 g/mol. The molecule has 10 nitrogen and oxygen atoms in total. The van der Waals surface area contributed by atoms with Gasteiger partial charge in [-0.2, -0.15) is 0 Å². The Morgan fingerprint density at radius 2 is 1.69 bits per heavy atom. The van der Waals surface area contributed by atoms with Gasteiger partial charge < -0.3 is 21.3 Å². The Morgan fingerprint density at radius 1 is 1.03 bits per heavy atom. The lowest BCUT2D eigenvalue weighted by Gasteiger charge is -2.17. The minimum Gasteiger partial charge on any atom is -0.384 e. The first kappa shape index (κ1) is 24.1. The van der Waals surface area contributed by atoms with Gasteiger partial charge in [0.2, 0.25) is 5.91 Å². The van der Waals surface area contributed by atoms with Crippen LogP contribution in [0.2, 0.25) is 0 Å². The minimum atomic E-state index is -3.66. The molecule has 1 aliphatic rings. The van der Waals surface area contributed by atoms with Crippen LogP contribution in [0.3, 0.4) is 0 Å². The van der Waals surface area contributed by atoms with E-state index in [1.54, 1.807) is 68.7 Å². The number of anilines is 2. The molecular weight excluding hydrogens is 468 g/mol. The van der Waals surface area contributed by atoms with E-state index < -0.39 is 20.6 Å². The number of nitrogens with zero attached hydrogens (tertiary/aromatic N) is 3. The number of hydrogen-bond donors (Lipinski definition) is 3. The maximum absolute atomic E-state index is 13.4. The molecule has 4 N–H and O–H groups in total. The first-order chi connectivity index (χ1) is 16.6. The summed E-state index contributed by atoms with van der Waals surface area (Å²) in [5, 5.41) is 5.13. The van der Waals surface area contributed by atoms with E-state index in [2.05, 4.69) is 20.6 Å². The zero-order valence-electron chi connectivity index (χ0n) is 19.4. The number of likely N-dealkylation sites (N-methyl/N-ethyl adjacent to an activating group) is 1. The molecule has 1 heterocycles. The molecule has 0 saturated heterocycles. The van der Waals surface area contributed by atoms with Gasteiger partial charge in [-0.1, -0.05) is 18.2 Å². The standard InChI is InChI=1S/C24H26N6O4S/c1-30(2)21(31)15-26-23(32)27-17-10-8-16(9-11-17)22-28-19(14-20(25)29-22)24(12-13-24)35(33,34)18-6-4-3-5-7-18/h3-11,14H,12-13,15H2,1-2H3,(H2,25,28,29)(H2,26,27,32). The summed E-state index contributed by atoms with van der Waals surface area (Å²) >= 11 is 0. The molecular formula is C24H26N6O4S. The van der Waals surface area contributed by atoms with Gasteiger partial charge in [0.05, 0.1) is 17.1 Å². The number of nitrogens with one attached hydrogen (secondary N) is 2. The molecule has 2 aromatic carbocycles. The Labute approximate surface area is 203 Å². The van der Waals surface area contributed by atoms with Gasteiger partial charge in [-0.25, -0.2) is 23.2 Å². The van der Waals surface area contributed by atoms with Crippen LogP contribution in [-0.4, -0.2) is 55.9 Å². The van der Waals surface area contributed by atoms with Crippen molar-refractivity contribution in [1.82, 2.24) is 20.2 Å². The number of rotatable bonds is 7. The van der Waals surface area contributed by atoms with Crippen molar-refractivity contribution in [3.8, 4) is 11.4 Å². The van der Waals surface area contributed by atoms with Crippen molar-refractivity contribution < 1.29 is 18.0 Å². The van der Waals surface area contributed by atoms with E-state index in [1.165, 1.54) is 11.0 Å². The van der Waals surface area contributed by atoms with Crippen LogP contribution in [-0.2, 0) is 19.4 Å². The number of urea groups is 1. The monoisotopic (exact) mass is 494 g/mol. The molecule has 4 rings (SSSR count). The van der Waals surface area contributed by atoms with Gasteiger partial charge in [0.1, 0.15) is 10.6 Å². The molecule has 1 saturated carbocycles. The van der Waals surface area contributed by atoms with Crippen molar-refractivity contribution in [3.05, 3.63) is 66.4 Å². The lowest BCUT2D eigenvalue weighted by atomic mass is 10.1. The van der Waals surface area contributed by atoms with E-state index >= 15 is 0 Å². The van der Waals surface area contributed by atoms with Crippen LogP contribution in [0.25, 0.3) is 11.4 Å². The first-order valence-corrected chi connectivity index (χ1v) is 12.4. The minimum absolute atomic E-state index is 0.121. The van der Waals surface area contributed by atoms with Crippen LogP contribution in [0, 0.1) is 0 Å². The molecule has 0 spiro atoms. The van der Waals surface area contributed by atoms with E-state index in [-0.39, 0.29) is 23.2 Å². The summed E-state index contributed by atoms with van der Waals surface area (Å²) in [7, 11) is -0.453. The van der Waals surface area contributed by atoms with E-state index in [0.717, 1.165) is 0 Å². The van der Waals surface area contributed by atoms with E-state index in [1.807, 2.05) is 0 Å². The molecule has 3 aromatic rings. The lowest BCUT2D eigenvalue weighted by molar-refractivity contribution is -0.127. The number of aromatic nitrogens is 2. The second kappa shape index (κ2) is 9.34. The SMILES string of the molecule is CN(C)C(=O)CNC(=O)Nc1ccc(-c2nc(N)cc(C3(S(=O)(=O)c4ccccc4)CC3)n2)cc1. The van der Waals surface area contributed by atoms with Crippen LogP contribution < -0.4 is 16.4 Å². The Balaban J connectivity index is 1.54. The van der Waals surface area contributed by atoms with Crippen LogP contribution in [0.1, 0.15) is 18.5 Å². The fraction of sp³-hybridized carbons (Fsp3) is 0.250. The topological polar surface area (TPSA) is 147 Å². The van der Waals surface area contributed by atoms with Crippen LogP contribution >= 0.6 is 0 Å². The van der Waals surface area contributed by atoms with Crippen molar-refractivity contribution in [2.75, 3.05) is 31.7 Å². The molecule has 0 radical (unpaired) electrons. The highest BCUT2D eigenvalue weighted by Gasteiger charge is 2.57. The fourth-order valence-electron chi connectivity index (χ4n) is 3.62. The summed E-state index contributed by atoms with van der Waals surface area (Å²) in [5.74, 6) is 0.238. The summed E-state index contributed by atoms with van der Waals surface area (Å²) in [6.45, 7) is -0.121. The zero-order chi connectivity index (χ0) is 25.2. The van der Waals surface area contributed by atoms with Crippen molar-refractivity contribution in [2.45, 2.75) is 22.5 Å². The van der Waals surface area contributed by atoms with Crippen molar-refractivity contribution in [1.29, 1.82) is 0 Å². The average Bonchev–Trinajstić information content (AvgIpc) is 3.66. The van der Waals surface area contributed by atoms with Gasteiger partial charge in [-0.3, -0.25) is 4.79 Å². The number of carbonyl (C=O) groups is 2. The van der Waals surface area contributed by atoms with Crippen LogP contribution in [0.15, 0.2) is 65.6 Å². The van der Waals surface area contributed by atoms with Gasteiger partial charge in [-0.05, 0) is 49.2 Å². The predicted octanol–water partition coefficient (Wildman–Crippen LogP) is 2.40. The number of benzene rings is 2. The fourth-order valence-corrected chi connectivity index (χ4v) is 5.61. The third-order valence-corrected chi connectivity index (χ3v) is 8.32. The summed E-state index contributed by atoms with van der Waals surface area (Å²) in [4.78, 5) is 34.1. The number of hydrogen-bond acceptors (Lipinski definition) is 7. The Morgan fingerprint density at radius 3 is 2.29 bits per heavy atom. The van der Waals surface area contributed by atoms with Crippen LogP contribution in [0.4, 0.5) is 16.3 Å². The van der Waals surface area contributed by atoms with Crippen LogP contribution in [0.5, 0.6) is 0 Å². The van der Waals surface area contributed by atoms with Gasteiger partial charge in [0.25, 0.3) is 0 Å². The summed E-state index contributed by atoms with van der Waals surface area (Å²) in [6.07, 6.45) is 0.906. The number of sulfone groups is 1. The molecule has 0 aliphatic heterocycles. The molecule has 1 aromatic heterocycles. The normalized spacial score (nSPS) is 14.1. The third kappa shape index (κ3) is 4.94. The van der Waals surface area contributed by atoms with E-state index in [4.69, 9.17) is 5.73 Å². The number of nitrogen functional groups attached to an aromatic ring is 1. The van der Waals surface area contributed by atoms with Gasteiger partial charge >= 0.3 is 6.03 Å². The Hall–Kier alpha value is -3.99.